The second-order valence-electron chi connectivity index (χ2n) is 4.84. The van der Waals surface area contributed by atoms with Gasteiger partial charge in [-0.05, 0) is 31.2 Å². The summed E-state index contributed by atoms with van der Waals surface area (Å²) in [6, 6.07) is 10.9. The second-order valence-corrected chi connectivity index (χ2v) is 7.81. The van der Waals surface area contributed by atoms with Crippen LogP contribution >= 0.6 is 34.7 Å². The Morgan fingerprint density at radius 3 is 2.71 bits per heavy atom. The van der Waals surface area contributed by atoms with Crippen molar-refractivity contribution in [3.63, 3.8) is 0 Å². The minimum Gasteiger partial charge on any atom is -0.324 e. The first kappa shape index (κ1) is 16.9. The number of carbonyl (C=O) groups is 1. The Kier molecular flexibility index (Phi) is 5.44. The van der Waals surface area contributed by atoms with E-state index in [-0.39, 0.29) is 11.2 Å². The normalized spacial score (nSPS) is 11.9. The molecule has 3 aromatic rings. The van der Waals surface area contributed by atoms with Gasteiger partial charge < -0.3 is 5.32 Å². The lowest BCUT2D eigenvalue weighted by molar-refractivity contribution is -0.115. The van der Waals surface area contributed by atoms with E-state index in [1.165, 1.54) is 23.1 Å². The zero-order valence-electron chi connectivity index (χ0n) is 12.6. The minimum atomic E-state index is -0.320. The number of hydrogen-bond acceptors (Lipinski definition) is 6. The fraction of sp³-hybridized carbons (Fsp3) is 0.125. The van der Waals surface area contributed by atoms with Crippen LogP contribution in [0.2, 0.25) is 5.02 Å². The van der Waals surface area contributed by atoms with E-state index in [0.717, 1.165) is 14.9 Å². The Labute approximate surface area is 152 Å². The maximum Gasteiger partial charge on any atom is 0.237 e. The predicted molar refractivity (Wildman–Crippen MR) is 98.5 cm³/mol. The molecule has 2 aromatic heterocycles. The number of amides is 1. The molecule has 0 spiro atoms. The van der Waals surface area contributed by atoms with E-state index < -0.39 is 0 Å². The van der Waals surface area contributed by atoms with E-state index in [1.54, 1.807) is 24.5 Å². The third-order valence-electron chi connectivity index (χ3n) is 3.11. The van der Waals surface area contributed by atoms with Gasteiger partial charge in [-0.2, -0.15) is 0 Å². The van der Waals surface area contributed by atoms with E-state index in [0.29, 0.717) is 10.7 Å². The van der Waals surface area contributed by atoms with E-state index in [1.807, 2.05) is 31.2 Å². The second kappa shape index (κ2) is 7.74. The van der Waals surface area contributed by atoms with Crippen LogP contribution in [0.15, 0.2) is 53.1 Å². The Balaban J connectivity index is 1.65. The van der Waals surface area contributed by atoms with Crippen LogP contribution in [-0.2, 0) is 4.79 Å². The standard InChI is InChI=1S/C16H13ClN4OS2/c1-10(14(22)19-13-5-3-2-4-12(13)17)23-16-21-20-15(24-16)11-6-8-18-9-7-11/h2-10H,1H3,(H,19,22). The fourth-order valence-electron chi connectivity index (χ4n) is 1.87. The van der Waals surface area contributed by atoms with Crippen LogP contribution in [0.4, 0.5) is 5.69 Å². The average Bonchev–Trinajstić information content (AvgIpc) is 3.06. The van der Waals surface area contributed by atoms with Gasteiger partial charge in [0.2, 0.25) is 5.91 Å². The molecule has 1 amide bonds. The van der Waals surface area contributed by atoms with Gasteiger partial charge in [0.1, 0.15) is 5.01 Å². The third-order valence-corrected chi connectivity index (χ3v) is 5.60. The lowest BCUT2D eigenvalue weighted by Gasteiger charge is -2.11. The summed E-state index contributed by atoms with van der Waals surface area (Å²) >= 11 is 8.87. The van der Waals surface area contributed by atoms with Crippen LogP contribution in [0.1, 0.15) is 6.92 Å². The molecule has 122 valence electrons. The molecule has 0 fully saturated rings. The van der Waals surface area contributed by atoms with Gasteiger partial charge in [-0.3, -0.25) is 9.78 Å². The first-order valence-electron chi connectivity index (χ1n) is 7.09. The van der Waals surface area contributed by atoms with Gasteiger partial charge in [0.15, 0.2) is 4.34 Å². The number of carbonyl (C=O) groups excluding carboxylic acids is 1. The summed E-state index contributed by atoms with van der Waals surface area (Å²) in [7, 11) is 0. The highest BCUT2D eigenvalue weighted by Gasteiger charge is 2.18. The smallest absolute Gasteiger partial charge is 0.237 e. The summed E-state index contributed by atoms with van der Waals surface area (Å²) < 4.78 is 0.739. The highest BCUT2D eigenvalue weighted by atomic mass is 35.5. The number of thioether (sulfide) groups is 1. The van der Waals surface area contributed by atoms with Crippen LogP contribution in [0, 0.1) is 0 Å². The predicted octanol–water partition coefficient (Wildman–Crippen LogP) is 4.37. The molecule has 0 bridgehead atoms. The Morgan fingerprint density at radius 1 is 1.21 bits per heavy atom. The van der Waals surface area contributed by atoms with Crippen LogP contribution in [0.3, 0.4) is 0 Å². The van der Waals surface area contributed by atoms with Crippen LogP contribution < -0.4 is 5.32 Å². The van der Waals surface area contributed by atoms with Crippen molar-refractivity contribution in [3.05, 3.63) is 53.8 Å². The first-order chi connectivity index (χ1) is 11.6. The zero-order chi connectivity index (χ0) is 16.9. The molecular weight excluding hydrogens is 364 g/mol. The topological polar surface area (TPSA) is 67.8 Å². The molecule has 1 aromatic carbocycles. The number of halogens is 1. The van der Waals surface area contributed by atoms with Gasteiger partial charge in [-0.25, -0.2) is 0 Å². The molecule has 5 nitrogen and oxygen atoms in total. The monoisotopic (exact) mass is 376 g/mol. The molecular formula is C16H13ClN4OS2. The molecule has 2 heterocycles. The molecule has 0 radical (unpaired) electrons. The molecule has 0 saturated heterocycles. The van der Waals surface area contributed by atoms with Gasteiger partial charge in [0, 0.05) is 18.0 Å². The van der Waals surface area contributed by atoms with Gasteiger partial charge in [-0.15, -0.1) is 10.2 Å². The molecule has 0 aliphatic rings. The van der Waals surface area contributed by atoms with Crippen LogP contribution in [0.25, 0.3) is 10.6 Å². The zero-order valence-corrected chi connectivity index (χ0v) is 15.0. The van der Waals surface area contributed by atoms with Gasteiger partial charge in [0.25, 0.3) is 0 Å². The van der Waals surface area contributed by atoms with Crippen molar-refractivity contribution >= 4 is 46.3 Å². The van der Waals surface area contributed by atoms with Crippen LogP contribution in [0.5, 0.6) is 0 Å². The number of anilines is 1. The highest BCUT2D eigenvalue weighted by molar-refractivity contribution is 8.02. The summed E-state index contributed by atoms with van der Waals surface area (Å²) in [5.74, 6) is -0.131. The summed E-state index contributed by atoms with van der Waals surface area (Å²) in [6.07, 6.45) is 3.42. The molecule has 1 N–H and O–H groups in total. The lowest BCUT2D eigenvalue weighted by atomic mass is 10.3. The molecule has 1 unspecified atom stereocenters. The number of hydrogen-bond donors (Lipinski definition) is 1. The largest absolute Gasteiger partial charge is 0.324 e. The van der Waals surface area contributed by atoms with Gasteiger partial charge >= 0.3 is 0 Å². The minimum absolute atomic E-state index is 0.131. The molecule has 8 heteroatoms. The SMILES string of the molecule is CC(Sc1nnc(-c2ccncc2)s1)C(=O)Nc1ccccc1Cl. The molecule has 3 rings (SSSR count). The number of para-hydroxylation sites is 1. The van der Waals surface area contributed by atoms with Gasteiger partial charge in [0.05, 0.1) is 16.0 Å². The maximum absolute atomic E-state index is 12.3. The fourth-order valence-corrected chi connectivity index (χ4v) is 4.05. The molecule has 1 atom stereocenters. The Bertz CT molecular complexity index is 841. The molecule has 0 aliphatic carbocycles. The summed E-state index contributed by atoms with van der Waals surface area (Å²) in [5, 5.41) is 12.1. The molecule has 24 heavy (non-hydrogen) atoms. The van der Waals surface area contributed by atoms with Crippen molar-refractivity contribution in [2.24, 2.45) is 0 Å². The van der Waals surface area contributed by atoms with E-state index in [2.05, 4.69) is 20.5 Å². The van der Waals surface area contributed by atoms with Crippen molar-refractivity contribution in [2.75, 3.05) is 5.32 Å². The van der Waals surface area contributed by atoms with Crippen molar-refractivity contribution in [3.8, 4) is 10.6 Å². The summed E-state index contributed by atoms with van der Waals surface area (Å²) in [4.78, 5) is 16.3. The number of rotatable bonds is 5. The average molecular weight is 377 g/mol. The summed E-state index contributed by atoms with van der Waals surface area (Å²) in [5.41, 5.74) is 1.56. The van der Waals surface area contributed by atoms with Crippen molar-refractivity contribution in [1.29, 1.82) is 0 Å². The molecule has 0 aliphatic heterocycles. The van der Waals surface area contributed by atoms with Crippen molar-refractivity contribution < 1.29 is 4.79 Å². The van der Waals surface area contributed by atoms with Crippen molar-refractivity contribution in [1.82, 2.24) is 15.2 Å². The number of nitrogens with zero attached hydrogens (tertiary/aromatic N) is 3. The quantitative estimate of drug-likeness (QED) is 0.669. The van der Waals surface area contributed by atoms with Crippen molar-refractivity contribution in [2.45, 2.75) is 16.5 Å². The third kappa shape index (κ3) is 4.11. The highest BCUT2D eigenvalue weighted by Crippen LogP contribution is 2.32. The lowest BCUT2D eigenvalue weighted by Crippen LogP contribution is -2.22. The first-order valence-corrected chi connectivity index (χ1v) is 9.17. The number of pyridine rings is 1. The van der Waals surface area contributed by atoms with E-state index in [4.69, 9.17) is 11.6 Å². The van der Waals surface area contributed by atoms with E-state index in [9.17, 15) is 4.79 Å². The van der Waals surface area contributed by atoms with Crippen LogP contribution in [-0.4, -0.2) is 26.3 Å². The van der Waals surface area contributed by atoms with Gasteiger partial charge in [-0.1, -0.05) is 46.8 Å². The maximum atomic E-state index is 12.3. The number of aromatic nitrogens is 3. The Hall–Kier alpha value is -1.96. The Morgan fingerprint density at radius 2 is 1.96 bits per heavy atom. The summed E-state index contributed by atoms with van der Waals surface area (Å²) in [6.45, 7) is 1.82. The number of nitrogens with one attached hydrogen (secondary N) is 1. The molecule has 0 saturated carbocycles. The number of benzene rings is 1. The van der Waals surface area contributed by atoms with E-state index >= 15 is 0 Å².